The Balaban J connectivity index is 2.50. The molecule has 0 aromatic rings. The third-order valence-electron chi connectivity index (χ3n) is 2.77. The molecule has 0 radical (unpaired) electrons. The van der Waals surface area contributed by atoms with Crippen molar-refractivity contribution in [3.05, 3.63) is 46.6 Å². The summed E-state index contributed by atoms with van der Waals surface area (Å²) in [4.78, 5) is 10.9. The number of rotatable bonds is 2. The van der Waals surface area contributed by atoms with Gasteiger partial charge in [-0.15, -0.1) is 0 Å². The molecule has 0 bridgehead atoms. The molecule has 0 aliphatic heterocycles. The number of fused-ring (bicyclic) bond motifs is 1. The number of carbonyl (C=O) groups is 1. The van der Waals surface area contributed by atoms with E-state index >= 15 is 0 Å². The lowest BCUT2D eigenvalue weighted by atomic mass is 9.80. The van der Waals surface area contributed by atoms with Crippen LogP contribution in [0.4, 0.5) is 0 Å². The summed E-state index contributed by atoms with van der Waals surface area (Å²) in [6, 6.07) is 0. The van der Waals surface area contributed by atoms with E-state index in [4.69, 9.17) is 4.74 Å². The number of hydrogen-bond donors (Lipinski definition) is 0. The highest BCUT2D eigenvalue weighted by atomic mass is 16.5. The van der Waals surface area contributed by atoms with Gasteiger partial charge >= 0.3 is 0 Å². The monoisotopic (exact) mass is 200 g/mol. The Kier molecular flexibility index (Phi) is 2.47. The number of allylic oxidation sites excluding steroid dienone is 5. The van der Waals surface area contributed by atoms with Crippen molar-refractivity contribution in [2.45, 2.75) is 6.92 Å². The molecule has 0 N–H and O–H groups in total. The molecule has 15 heavy (non-hydrogen) atoms. The second-order valence-electron chi connectivity index (χ2n) is 3.73. The fourth-order valence-corrected chi connectivity index (χ4v) is 1.87. The van der Waals surface area contributed by atoms with Crippen molar-refractivity contribution >= 4 is 6.29 Å². The molecule has 0 heterocycles. The van der Waals surface area contributed by atoms with Crippen LogP contribution in [0.25, 0.3) is 0 Å². The van der Waals surface area contributed by atoms with Crippen molar-refractivity contribution in [3.63, 3.8) is 0 Å². The van der Waals surface area contributed by atoms with E-state index in [-0.39, 0.29) is 5.92 Å². The summed E-state index contributed by atoms with van der Waals surface area (Å²) >= 11 is 0. The molecule has 2 atom stereocenters. The number of methoxy groups -OCH3 is 1. The van der Waals surface area contributed by atoms with Gasteiger partial charge in [0.15, 0.2) is 6.29 Å². The highest BCUT2D eigenvalue weighted by Gasteiger charge is 2.24. The predicted octanol–water partition coefficient (Wildman–Crippen LogP) is 2.16. The lowest BCUT2D eigenvalue weighted by molar-refractivity contribution is -0.105. The second kappa shape index (κ2) is 3.78. The zero-order chi connectivity index (χ0) is 10.8. The molecule has 0 aromatic carbocycles. The Morgan fingerprint density at radius 2 is 2.33 bits per heavy atom. The van der Waals surface area contributed by atoms with Gasteiger partial charge in [0.1, 0.15) is 5.76 Å². The van der Waals surface area contributed by atoms with Gasteiger partial charge in [0.2, 0.25) is 0 Å². The van der Waals surface area contributed by atoms with E-state index in [1.807, 2.05) is 18.2 Å². The molecule has 2 nitrogen and oxygen atoms in total. The molecule has 0 amide bonds. The van der Waals surface area contributed by atoms with Gasteiger partial charge < -0.3 is 4.74 Å². The molecule has 76 valence electrons. The Bertz CT molecular complexity index is 453. The van der Waals surface area contributed by atoms with Crippen LogP contribution in [0, 0.1) is 11.8 Å². The molecule has 2 rings (SSSR count). The van der Waals surface area contributed by atoms with E-state index in [0.29, 0.717) is 17.3 Å². The lowest BCUT2D eigenvalue weighted by Crippen LogP contribution is -2.16. The van der Waals surface area contributed by atoms with Crippen LogP contribution in [0.15, 0.2) is 46.6 Å². The number of hydrogen-bond acceptors (Lipinski definition) is 2. The summed E-state index contributed by atoms with van der Waals surface area (Å²) in [6.45, 7) is 2.10. The van der Waals surface area contributed by atoms with Crippen molar-refractivity contribution in [1.29, 1.82) is 0 Å². The van der Waals surface area contributed by atoms with E-state index < -0.39 is 0 Å². The van der Waals surface area contributed by atoms with Gasteiger partial charge in [-0.2, -0.15) is 0 Å². The molecule has 2 aliphatic rings. The summed E-state index contributed by atoms with van der Waals surface area (Å²) < 4.78 is 5.14. The first-order chi connectivity index (χ1) is 7.26. The summed E-state index contributed by atoms with van der Waals surface area (Å²) in [7, 11) is 1.57. The fourth-order valence-electron chi connectivity index (χ4n) is 1.87. The van der Waals surface area contributed by atoms with Crippen LogP contribution in [-0.2, 0) is 9.53 Å². The minimum Gasteiger partial charge on any atom is -0.496 e. The van der Waals surface area contributed by atoms with Crippen molar-refractivity contribution in [2.24, 2.45) is 11.8 Å². The molecule has 0 saturated heterocycles. The van der Waals surface area contributed by atoms with Crippen molar-refractivity contribution < 1.29 is 9.53 Å². The first-order valence-electron chi connectivity index (χ1n) is 4.91. The van der Waals surface area contributed by atoms with Gasteiger partial charge in [0.25, 0.3) is 0 Å². The largest absolute Gasteiger partial charge is 0.496 e. The number of aldehydes is 1. The fraction of sp³-hybridized carbons (Fsp3) is 0.308. The Morgan fingerprint density at radius 3 is 3.00 bits per heavy atom. The summed E-state index contributed by atoms with van der Waals surface area (Å²) in [5, 5.41) is 0. The average Bonchev–Trinajstić information content (AvgIpc) is 2.28. The third kappa shape index (κ3) is 1.61. The standard InChI is InChI=1S/C13H12O2/c1-9-4-3-5-10-7-13(15-2)11(8-14)6-12(9)10/h4,6-9,12H,1-2H3. The predicted molar refractivity (Wildman–Crippen MR) is 57.0 cm³/mol. The lowest BCUT2D eigenvalue weighted by Gasteiger charge is -2.24. The molecule has 2 heteroatoms. The van der Waals surface area contributed by atoms with Gasteiger partial charge in [0, 0.05) is 11.5 Å². The molecular weight excluding hydrogens is 188 g/mol. The van der Waals surface area contributed by atoms with Crippen molar-refractivity contribution in [1.82, 2.24) is 0 Å². The first-order valence-corrected chi connectivity index (χ1v) is 4.91. The maximum atomic E-state index is 10.9. The highest BCUT2D eigenvalue weighted by Crippen LogP contribution is 2.33. The van der Waals surface area contributed by atoms with Crippen LogP contribution in [0.2, 0.25) is 0 Å². The molecule has 2 unspecified atom stereocenters. The molecule has 2 aliphatic carbocycles. The van der Waals surface area contributed by atoms with Gasteiger partial charge in [-0.05, 0) is 18.1 Å². The van der Waals surface area contributed by atoms with Gasteiger partial charge in [-0.25, -0.2) is 0 Å². The Hall–Kier alpha value is -1.75. The topological polar surface area (TPSA) is 26.3 Å². The number of ether oxygens (including phenoxy) is 1. The van der Waals surface area contributed by atoms with Gasteiger partial charge in [-0.1, -0.05) is 24.5 Å². The van der Waals surface area contributed by atoms with Crippen LogP contribution in [0.5, 0.6) is 0 Å². The van der Waals surface area contributed by atoms with Crippen LogP contribution in [0.3, 0.4) is 0 Å². The molecule has 0 fully saturated rings. The second-order valence-corrected chi connectivity index (χ2v) is 3.73. The SMILES string of the molecule is COC1=CC2=C=C=CC(C)C2C=C1C=O. The van der Waals surface area contributed by atoms with Crippen molar-refractivity contribution in [2.75, 3.05) is 7.11 Å². The summed E-state index contributed by atoms with van der Waals surface area (Å²) in [6.07, 6.45) is 6.61. The zero-order valence-corrected chi connectivity index (χ0v) is 8.78. The maximum absolute atomic E-state index is 10.9. The minimum atomic E-state index is 0.227. The molecule has 0 spiro atoms. The molecule has 0 saturated carbocycles. The average molecular weight is 200 g/mol. The van der Waals surface area contributed by atoms with Crippen LogP contribution in [0.1, 0.15) is 6.92 Å². The van der Waals surface area contributed by atoms with Crippen LogP contribution >= 0.6 is 0 Å². The van der Waals surface area contributed by atoms with Crippen molar-refractivity contribution in [3.8, 4) is 0 Å². The highest BCUT2D eigenvalue weighted by molar-refractivity contribution is 5.80. The minimum absolute atomic E-state index is 0.227. The van der Waals surface area contributed by atoms with E-state index in [2.05, 4.69) is 18.4 Å². The van der Waals surface area contributed by atoms with E-state index in [1.54, 1.807) is 7.11 Å². The first kappa shape index (κ1) is 9.79. The number of carbonyl (C=O) groups excluding carboxylic acids is 1. The van der Waals surface area contributed by atoms with E-state index in [9.17, 15) is 4.79 Å². The van der Waals surface area contributed by atoms with Gasteiger partial charge in [-0.3, -0.25) is 4.79 Å². The Labute approximate surface area is 88.9 Å². The smallest absolute Gasteiger partial charge is 0.153 e. The van der Waals surface area contributed by atoms with Crippen LogP contribution in [-0.4, -0.2) is 13.4 Å². The van der Waals surface area contributed by atoms with Gasteiger partial charge in [0.05, 0.1) is 12.7 Å². The van der Waals surface area contributed by atoms with Crippen LogP contribution < -0.4 is 0 Å². The van der Waals surface area contributed by atoms with E-state index in [1.165, 1.54) is 0 Å². The van der Waals surface area contributed by atoms with E-state index in [0.717, 1.165) is 11.9 Å². The molecule has 0 aromatic heterocycles. The quantitative estimate of drug-likeness (QED) is 0.504. The summed E-state index contributed by atoms with van der Waals surface area (Å²) in [5.74, 6) is 1.19. The Morgan fingerprint density at radius 1 is 1.53 bits per heavy atom. The third-order valence-corrected chi connectivity index (χ3v) is 2.77. The zero-order valence-electron chi connectivity index (χ0n) is 8.78. The maximum Gasteiger partial charge on any atom is 0.153 e. The molecular formula is C13H12O2. The normalized spacial score (nSPS) is 27.5. The summed E-state index contributed by atoms with van der Waals surface area (Å²) in [5.41, 5.74) is 7.69.